The first-order valence-electron chi connectivity index (χ1n) is 20.9. The van der Waals surface area contributed by atoms with Gasteiger partial charge < -0.3 is 30.1 Å². The van der Waals surface area contributed by atoms with Gasteiger partial charge in [-0.2, -0.15) is 32.2 Å². The summed E-state index contributed by atoms with van der Waals surface area (Å²) in [5, 5.41) is 58.4. The summed E-state index contributed by atoms with van der Waals surface area (Å²) in [5.41, 5.74) is 0.520. The van der Waals surface area contributed by atoms with Crippen molar-refractivity contribution in [3.63, 3.8) is 0 Å². The third-order valence-electron chi connectivity index (χ3n) is 10.8. The van der Waals surface area contributed by atoms with E-state index in [-0.39, 0.29) is 110 Å². The van der Waals surface area contributed by atoms with Gasteiger partial charge in [-0.15, -0.1) is 5.11 Å². The first-order valence-corrected chi connectivity index (χ1v) is 24.5. The number of phenolic OH excluding ortho intramolecular Hbond substituents is 1. The van der Waals surface area contributed by atoms with Crippen LogP contribution >= 0.6 is 23.2 Å². The molecule has 0 aromatic heterocycles. The van der Waals surface area contributed by atoms with Crippen LogP contribution in [-0.2, 0) is 20.2 Å². The molecule has 8 aromatic carbocycles. The number of hydrogen-bond donors (Lipinski definition) is 4. The van der Waals surface area contributed by atoms with Crippen LogP contribution in [0, 0.1) is 13.8 Å². The predicted molar refractivity (Wildman–Crippen MR) is 275 cm³/mol. The Morgan fingerprint density at radius 2 is 1.07 bits per heavy atom. The fourth-order valence-corrected chi connectivity index (χ4v) is 9.21. The van der Waals surface area contributed by atoms with E-state index in [1.807, 2.05) is 0 Å². The monoisotopic (exact) mass is 1190 g/mol. The van der Waals surface area contributed by atoms with Crippen LogP contribution in [0.2, 0.25) is 10.0 Å². The van der Waals surface area contributed by atoms with Crippen LogP contribution in [0.5, 0.6) is 23.0 Å². The van der Waals surface area contributed by atoms with Crippen LogP contribution in [0.25, 0.3) is 21.5 Å². The Morgan fingerprint density at radius 3 is 1.60 bits per heavy atom. The molecule has 0 fully saturated rings. The molecule has 8 rings (SSSR count). The summed E-state index contributed by atoms with van der Waals surface area (Å²) >= 11 is 12.2. The third-order valence-corrected chi connectivity index (χ3v) is 13.5. The summed E-state index contributed by atoms with van der Waals surface area (Å²) < 4.78 is 76.3. The zero-order valence-corrected chi connectivity index (χ0v) is 46.3. The minimum atomic E-state index is -4.57. The van der Waals surface area contributed by atoms with Gasteiger partial charge in [0.25, 0.3) is 26.1 Å². The number of phenols is 1. The molecule has 0 heterocycles. The molecule has 0 unspecified atom stereocenters. The number of aromatic hydroxyl groups is 1. The predicted octanol–water partition coefficient (Wildman–Crippen LogP) is 11.0. The molecule has 0 atom stereocenters. The fraction of sp³-hybridized carbons (Fsp3) is 0.0800. The normalized spacial score (nSPS) is 11.9. The van der Waals surface area contributed by atoms with Crippen molar-refractivity contribution in [1.82, 2.24) is 0 Å². The minimum Gasteiger partial charge on any atom is -0.871 e. The Kier molecular flexibility index (Phi) is 18.1. The van der Waals surface area contributed by atoms with Crippen molar-refractivity contribution >= 4 is 160 Å². The van der Waals surface area contributed by atoms with Gasteiger partial charge in [0, 0.05) is 20.8 Å². The van der Waals surface area contributed by atoms with E-state index >= 15 is 0 Å². The van der Waals surface area contributed by atoms with Gasteiger partial charge >= 0.3 is 48.9 Å². The molecule has 0 saturated carbocycles. The molecule has 0 saturated heterocycles. The number of nitrogens with zero attached hydrogens (tertiary/aromatic N) is 5. The largest absolute Gasteiger partial charge is 2.00 e. The van der Waals surface area contributed by atoms with Crippen LogP contribution in [0.15, 0.2) is 169 Å². The molecule has 0 aliphatic heterocycles. The number of para-hydroxylation sites is 4. The molecule has 18 nitrogen and oxygen atoms in total. The summed E-state index contributed by atoms with van der Waals surface area (Å²) in [7, 11) is -6.21. The maximum Gasteiger partial charge on any atom is 2.00 e. The number of fused-ring (bicyclic) bond motifs is 2. The third kappa shape index (κ3) is 12.9. The standard InChI is InChI=1S/2C25H20ClN3O6S.Ba/c2*1-14-19(26)12-16(13-22(14)36(32,33)34)28-29-23-17-8-4-3-7-15(17)11-18(24(23)30)25(31)27-20-9-5-6-10-21(20)35-2;/h2*3-13,30H,1-2H3,(H,27,31)(H,32,33,34);/q;;+2/p-2. The summed E-state index contributed by atoms with van der Waals surface area (Å²) in [6.45, 7) is 2.87. The molecule has 23 heteroatoms. The average Bonchev–Trinajstić information content (AvgIpc) is 3.34. The van der Waals surface area contributed by atoms with Crippen LogP contribution in [0.1, 0.15) is 27.0 Å². The van der Waals surface area contributed by atoms with Gasteiger partial charge in [-0.1, -0.05) is 102 Å². The van der Waals surface area contributed by atoms with Crippen molar-refractivity contribution in [1.29, 1.82) is 0 Å². The number of methoxy groups -OCH3 is 2. The molecule has 1 amide bonds. The summed E-state index contributed by atoms with van der Waals surface area (Å²) in [5.74, 6) is -1.74. The van der Waals surface area contributed by atoms with E-state index in [0.717, 1.165) is 12.1 Å². The maximum absolute atomic E-state index is 13.3. The Labute approximate surface area is 468 Å². The first-order chi connectivity index (χ1) is 34.2. The van der Waals surface area contributed by atoms with Crippen LogP contribution in [0.3, 0.4) is 0 Å². The number of aliphatic imine (C=N–C) groups is 1. The second-order valence-corrected chi connectivity index (χ2v) is 19.0. The molecule has 0 bridgehead atoms. The topological polar surface area (TPSA) is 284 Å². The van der Waals surface area contributed by atoms with Gasteiger partial charge in [0.1, 0.15) is 32.7 Å². The SMILES string of the molecule is COc1ccccc1N=C([O-])c1cc2ccccc2c(N=Nc2cc(Cl)c(C)c(S(=O)(=O)O)c2)c1[O-].COc1ccccc1NC(=O)c1cc2ccccc2c(N=Nc2cc(Cl)c(C)c(S(=O)(=O)O)c2)c1O.[Ba+2]. The van der Waals surface area contributed by atoms with E-state index in [9.17, 15) is 46.1 Å². The molecule has 73 heavy (non-hydrogen) atoms. The van der Waals surface area contributed by atoms with Gasteiger partial charge in [0.15, 0.2) is 5.75 Å². The van der Waals surface area contributed by atoms with Crippen molar-refractivity contribution in [3.05, 3.63) is 166 Å². The van der Waals surface area contributed by atoms with Crippen LogP contribution < -0.4 is 25.0 Å². The van der Waals surface area contributed by atoms with Gasteiger partial charge in [-0.05, 0) is 108 Å². The fourth-order valence-electron chi connectivity index (χ4n) is 7.14. The van der Waals surface area contributed by atoms with Crippen LogP contribution in [0.4, 0.5) is 34.1 Å². The van der Waals surface area contributed by atoms with E-state index in [1.54, 1.807) is 97.1 Å². The van der Waals surface area contributed by atoms with E-state index in [4.69, 9.17) is 32.7 Å². The smallest absolute Gasteiger partial charge is 0.871 e. The van der Waals surface area contributed by atoms with Crippen molar-refractivity contribution in [2.24, 2.45) is 25.4 Å². The van der Waals surface area contributed by atoms with Gasteiger partial charge in [0.2, 0.25) is 0 Å². The number of nitrogens with one attached hydrogen (secondary N) is 1. The number of halogens is 2. The van der Waals surface area contributed by atoms with Crippen molar-refractivity contribution in [3.8, 4) is 23.0 Å². The second kappa shape index (κ2) is 23.6. The number of hydrogen-bond acceptors (Lipinski definition) is 15. The zero-order chi connectivity index (χ0) is 52.1. The zero-order valence-electron chi connectivity index (χ0n) is 38.7. The number of carbonyl (C=O) groups excluding carboxylic acids is 1. The molecule has 0 aliphatic carbocycles. The average molecular weight is 1190 g/mol. The number of rotatable bonds is 12. The van der Waals surface area contributed by atoms with Crippen LogP contribution in [-0.4, -0.2) is 106 Å². The van der Waals surface area contributed by atoms with E-state index in [0.29, 0.717) is 38.7 Å². The Balaban J connectivity index is 0.000000235. The summed E-state index contributed by atoms with van der Waals surface area (Å²) in [6.07, 6.45) is 0. The first kappa shape index (κ1) is 55.9. The number of benzene rings is 8. The molecule has 0 radical (unpaired) electrons. The second-order valence-electron chi connectivity index (χ2n) is 15.4. The minimum absolute atomic E-state index is 0. The molecular formula is C50H38BaCl2N6O12S2. The molecular weight excluding hydrogens is 1150 g/mol. The Hall–Kier alpha value is -6.41. The number of ether oxygens (including phenoxy) is 2. The Bertz CT molecular complexity index is 3790. The molecule has 368 valence electrons. The van der Waals surface area contributed by atoms with E-state index in [1.165, 1.54) is 52.3 Å². The molecule has 8 aromatic rings. The summed E-state index contributed by atoms with van der Waals surface area (Å²) in [4.78, 5) is 16.3. The van der Waals surface area contributed by atoms with E-state index < -0.39 is 53.3 Å². The van der Waals surface area contributed by atoms with Crippen molar-refractivity contribution < 1.29 is 55.5 Å². The molecule has 0 aliphatic rings. The van der Waals surface area contributed by atoms with Gasteiger partial charge in [-0.25, -0.2) is 0 Å². The number of azo groups is 2. The number of carbonyl (C=O) groups is 1. The number of anilines is 1. The summed E-state index contributed by atoms with van der Waals surface area (Å²) in [6, 6.07) is 35.0. The quantitative estimate of drug-likeness (QED) is 0.0292. The van der Waals surface area contributed by atoms with Gasteiger partial charge in [0.05, 0.1) is 42.5 Å². The maximum atomic E-state index is 13.3. The molecule has 0 spiro atoms. The number of amides is 1. The molecule has 4 N–H and O–H groups in total. The van der Waals surface area contributed by atoms with Gasteiger partial charge in [-0.3, -0.25) is 18.9 Å². The van der Waals surface area contributed by atoms with E-state index in [2.05, 4.69) is 30.8 Å². The van der Waals surface area contributed by atoms with Crippen molar-refractivity contribution in [2.45, 2.75) is 23.6 Å². The van der Waals surface area contributed by atoms with Crippen molar-refractivity contribution in [2.75, 3.05) is 19.5 Å². The Morgan fingerprint density at radius 1 is 0.616 bits per heavy atom.